The lowest BCUT2D eigenvalue weighted by Crippen LogP contribution is -2.13. The third-order valence-electron chi connectivity index (χ3n) is 3.79. The first-order chi connectivity index (χ1) is 13.5. The number of hydrogen-bond donors (Lipinski definition) is 2. The van der Waals surface area contributed by atoms with Gasteiger partial charge in [0.2, 0.25) is 5.91 Å². The number of nitriles is 1. The van der Waals surface area contributed by atoms with Crippen molar-refractivity contribution in [3.8, 4) is 11.8 Å². The minimum Gasteiger partial charge on any atom is -0.494 e. The minimum absolute atomic E-state index is 0.00871. The van der Waals surface area contributed by atoms with Crippen LogP contribution in [0.1, 0.15) is 32.3 Å². The second-order valence-corrected chi connectivity index (χ2v) is 6.15. The molecule has 2 rings (SSSR count). The van der Waals surface area contributed by atoms with Gasteiger partial charge >= 0.3 is 0 Å². The molecule has 6 nitrogen and oxygen atoms in total. The van der Waals surface area contributed by atoms with Gasteiger partial charge in [0.15, 0.2) is 0 Å². The van der Waals surface area contributed by atoms with Crippen molar-refractivity contribution in [3.05, 3.63) is 59.7 Å². The van der Waals surface area contributed by atoms with Crippen molar-refractivity contribution in [2.24, 2.45) is 0 Å². The van der Waals surface area contributed by atoms with Gasteiger partial charge in [0.1, 0.15) is 17.4 Å². The SMILES string of the molecule is CCCCOc1ccc(/C=C(\C#N)C(=O)Nc2ccc(NC(C)=O)cc2)cc1. The van der Waals surface area contributed by atoms with Crippen LogP contribution in [0.25, 0.3) is 6.08 Å². The second-order valence-electron chi connectivity index (χ2n) is 6.15. The summed E-state index contributed by atoms with van der Waals surface area (Å²) in [5, 5.41) is 14.6. The molecule has 0 unspecified atom stereocenters. The Morgan fingerprint density at radius 1 is 1.04 bits per heavy atom. The predicted octanol–water partition coefficient (Wildman–Crippen LogP) is 4.37. The van der Waals surface area contributed by atoms with E-state index in [0.717, 1.165) is 24.2 Å². The van der Waals surface area contributed by atoms with Gasteiger partial charge in [0.05, 0.1) is 6.61 Å². The number of unbranched alkanes of at least 4 members (excludes halogenated alkanes) is 1. The molecule has 2 N–H and O–H groups in total. The van der Waals surface area contributed by atoms with Gasteiger partial charge in [-0.1, -0.05) is 25.5 Å². The summed E-state index contributed by atoms with van der Waals surface area (Å²) in [6.45, 7) is 4.19. The standard InChI is InChI=1S/C22H23N3O3/c1-3-4-13-28-21-11-5-17(6-12-21)14-18(15-23)22(27)25-20-9-7-19(8-10-20)24-16(2)26/h5-12,14H,3-4,13H2,1-2H3,(H,24,26)(H,25,27)/b18-14+. The number of rotatable bonds is 8. The molecule has 0 bridgehead atoms. The smallest absolute Gasteiger partial charge is 0.266 e. The van der Waals surface area contributed by atoms with E-state index in [4.69, 9.17) is 4.74 Å². The average Bonchev–Trinajstić information content (AvgIpc) is 2.68. The average molecular weight is 377 g/mol. The highest BCUT2D eigenvalue weighted by atomic mass is 16.5. The van der Waals surface area contributed by atoms with Crippen LogP contribution in [0.2, 0.25) is 0 Å². The zero-order valence-electron chi connectivity index (χ0n) is 16.0. The van der Waals surface area contributed by atoms with Crippen LogP contribution in [0.15, 0.2) is 54.1 Å². The summed E-state index contributed by atoms with van der Waals surface area (Å²) < 4.78 is 5.60. The molecule has 144 valence electrons. The molecule has 2 aromatic carbocycles. The summed E-state index contributed by atoms with van der Waals surface area (Å²) in [4.78, 5) is 23.4. The Morgan fingerprint density at radius 3 is 2.18 bits per heavy atom. The van der Waals surface area contributed by atoms with E-state index in [9.17, 15) is 14.9 Å². The van der Waals surface area contributed by atoms with Gasteiger partial charge in [-0.2, -0.15) is 5.26 Å². The van der Waals surface area contributed by atoms with Crippen molar-refractivity contribution in [2.75, 3.05) is 17.2 Å². The molecule has 0 aliphatic rings. The van der Waals surface area contributed by atoms with Gasteiger partial charge in [0, 0.05) is 18.3 Å². The van der Waals surface area contributed by atoms with Crippen molar-refractivity contribution >= 4 is 29.3 Å². The van der Waals surface area contributed by atoms with Crippen molar-refractivity contribution < 1.29 is 14.3 Å². The van der Waals surface area contributed by atoms with Crippen LogP contribution in [0.5, 0.6) is 5.75 Å². The van der Waals surface area contributed by atoms with Crippen molar-refractivity contribution in [2.45, 2.75) is 26.7 Å². The lowest BCUT2D eigenvalue weighted by molar-refractivity contribution is -0.114. The summed E-state index contributed by atoms with van der Waals surface area (Å²) in [6, 6.07) is 15.8. The Labute approximate surface area is 164 Å². The Bertz CT molecular complexity index is 879. The lowest BCUT2D eigenvalue weighted by atomic mass is 10.1. The number of nitrogens with one attached hydrogen (secondary N) is 2. The fraction of sp³-hybridized carbons (Fsp3) is 0.227. The van der Waals surface area contributed by atoms with Crippen molar-refractivity contribution in [1.82, 2.24) is 0 Å². The third-order valence-corrected chi connectivity index (χ3v) is 3.79. The fourth-order valence-electron chi connectivity index (χ4n) is 2.35. The zero-order valence-corrected chi connectivity index (χ0v) is 16.0. The molecule has 0 fully saturated rings. The maximum atomic E-state index is 12.4. The first-order valence-corrected chi connectivity index (χ1v) is 9.05. The Kier molecular flexibility index (Phi) is 7.79. The summed E-state index contributed by atoms with van der Waals surface area (Å²) in [7, 11) is 0. The first kappa shape index (κ1) is 20.7. The van der Waals surface area contributed by atoms with E-state index in [-0.39, 0.29) is 11.5 Å². The number of hydrogen-bond acceptors (Lipinski definition) is 4. The molecule has 0 saturated carbocycles. The van der Waals surface area contributed by atoms with Crippen LogP contribution >= 0.6 is 0 Å². The normalized spacial score (nSPS) is 10.7. The van der Waals surface area contributed by atoms with E-state index in [2.05, 4.69) is 17.6 Å². The second kappa shape index (κ2) is 10.5. The quantitative estimate of drug-likeness (QED) is 0.406. The molecule has 0 atom stereocenters. The summed E-state index contributed by atoms with van der Waals surface area (Å²) in [5.41, 5.74) is 1.88. The Hall–Kier alpha value is -3.59. The van der Waals surface area contributed by atoms with Crippen molar-refractivity contribution in [3.63, 3.8) is 0 Å². The predicted molar refractivity (Wildman–Crippen MR) is 110 cm³/mol. The monoisotopic (exact) mass is 377 g/mol. The molecule has 0 aliphatic carbocycles. The molecular formula is C22H23N3O3. The Balaban J connectivity index is 2.02. The van der Waals surface area contributed by atoms with Crippen LogP contribution in [-0.2, 0) is 9.59 Å². The van der Waals surface area contributed by atoms with Crippen LogP contribution in [0.4, 0.5) is 11.4 Å². The number of carbonyl (C=O) groups excluding carboxylic acids is 2. The van der Waals surface area contributed by atoms with E-state index in [1.54, 1.807) is 36.4 Å². The summed E-state index contributed by atoms with van der Waals surface area (Å²) >= 11 is 0. The van der Waals surface area contributed by atoms with Gasteiger partial charge in [-0.05, 0) is 54.5 Å². The largest absolute Gasteiger partial charge is 0.494 e. The highest BCUT2D eigenvalue weighted by Gasteiger charge is 2.10. The maximum Gasteiger partial charge on any atom is 0.266 e. The number of anilines is 2. The third kappa shape index (κ3) is 6.61. The molecule has 0 radical (unpaired) electrons. The number of amides is 2. The molecule has 2 aromatic rings. The fourth-order valence-corrected chi connectivity index (χ4v) is 2.35. The molecule has 0 saturated heterocycles. The van der Waals surface area contributed by atoms with Crippen molar-refractivity contribution in [1.29, 1.82) is 5.26 Å². The van der Waals surface area contributed by atoms with Crippen LogP contribution in [0, 0.1) is 11.3 Å². The Morgan fingerprint density at radius 2 is 1.64 bits per heavy atom. The molecule has 0 aliphatic heterocycles. The van der Waals surface area contributed by atoms with Gasteiger partial charge in [-0.15, -0.1) is 0 Å². The number of nitrogens with zero attached hydrogens (tertiary/aromatic N) is 1. The topological polar surface area (TPSA) is 91.2 Å². The minimum atomic E-state index is -0.502. The van der Waals surface area contributed by atoms with E-state index in [1.807, 2.05) is 18.2 Å². The molecule has 0 spiro atoms. The highest BCUT2D eigenvalue weighted by molar-refractivity contribution is 6.09. The van der Waals surface area contributed by atoms with E-state index < -0.39 is 5.91 Å². The highest BCUT2D eigenvalue weighted by Crippen LogP contribution is 2.17. The summed E-state index contributed by atoms with van der Waals surface area (Å²) in [6.07, 6.45) is 3.58. The van der Waals surface area contributed by atoms with Gasteiger partial charge in [-0.25, -0.2) is 0 Å². The van der Waals surface area contributed by atoms with Gasteiger partial charge in [-0.3, -0.25) is 9.59 Å². The number of carbonyl (C=O) groups is 2. The lowest BCUT2D eigenvalue weighted by Gasteiger charge is -2.07. The molecule has 0 heterocycles. The molecular weight excluding hydrogens is 354 g/mol. The van der Waals surface area contributed by atoms with E-state index in [1.165, 1.54) is 13.0 Å². The zero-order chi connectivity index (χ0) is 20.4. The van der Waals surface area contributed by atoms with E-state index >= 15 is 0 Å². The molecule has 0 aromatic heterocycles. The molecule has 28 heavy (non-hydrogen) atoms. The van der Waals surface area contributed by atoms with Gasteiger partial charge in [0.25, 0.3) is 5.91 Å². The van der Waals surface area contributed by atoms with Gasteiger partial charge < -0.3 is 15.4 Å². The van der Waals surface area contributed by atoms with Crippen LogP contribution in [0.3, 0.4) is 0 Å². The number of benzene rings is 2. The maximum absolute atomic E-state index is 12.4. The summed E-state index contributed by atoms with van der Waals surface area (Å²) in [5.74, 6) is 0.0825. The molecule has 2 amide bonds. The number of ether oxygens (including phenoxy) is 1. The van der Waals surface area contributed by atoms with E-state index in [0.29, 0.717) is 18.0 Å². The van der Waals surface area contributed by atoms with Crippen LogP contribution < -0.4 is 15.4 Å². The first-order valence-electron chi connectivity index (χ1n) is 9.05. The van der Waals surface area contributed by atoms with Crippen LogP contribution in [-0.4, -0.2) is 18.4 Å². The molecule has 6 heteroatoms.